The Morgan fingerprint density at radius 3 is 2.91 bits per heavy atom. The second kappa shape index (κ2) is 3.11. The number of carbonyl (C=O) groups is 1. The summed E-state index contributed by atoms with van der Waals surface area (Å²) in [6.45, 7) is 1.79. The van der Waals surface area contributed by atoms with E-state index in [-0.39, 0.29) is 5.57 Å². The molecule has 0 fully saturated rings. The van der Waals surface area contributed by atoms with Crippen LogP contribution in [0.2, 0.25) is 0 Å². The molecule has 1 rings (SSSR count). The van der Waals surface area contributed by atoms with Crippen molar-refractivity contribution in [3.8, 4) is 0 Å². The Kier molecular flexibility index (Phi) is 2.37. The van der Waals surface area contributed by atoms with Crippen LogP contribution in [-0.4, -0.2) is 17.2 Å². The number of rotatable bonds is 2. The van der Waals surface area contributed by atoms with Crippen LogP contribution in [0, 0.1) is 0 Å². The summed E-state index contributed by atoms with van der Waals surface area (Å²) in [6.07, 6.45) is 0.0512. The summed E-state index contributed by atoms with van der Waals surface area (Å²) in [6, 6.07) is 0. The van der Waals surface area contributed by atoms with Crippen LogP contribution in [0.15, 0.2) is 11.4 Å². The zero-order valence-electron chi connectivity index (χ0n) is 5.98. The summed E-state index contributed by atoms with van der Waals surface area (Å²) in [4.78, 5) is 10.4. The average Bonchev–Trinajstić information content (AvgIpc) is 2.30. The van der Waals surface area contributed by atoms with Crippen molar-refractivity contribution in [3.05, 3.63) is 11.4 Å². The van der Waals surface area contributed by atoms with Crippen molar-refractivity contribution in [2.24, 2.45) is 0 Å². The monoisotopic (exact) mass is 175 g/mol. The zero-order valence-corrected chi connectivity index (χ0v) is 6.88. The summed E-state index contributed by atoms with van der Waals surface area (Å²) < 4.78 is 15.5. The molecule has 1 aliphatic rings. The van der Waals surface area contributed by atoms with Gasteiger partial charge in [0.2, 0.25) is 5.82 Å². The fraction of sp³-hybridized carbons (Fsp3) is 0.500. The molecule has 0 amide bonds. The Balaban J connectivity index is 2.82. The first-order valence-electron chi connectivity index (χ1n) is 3.23. The van der Waals surface area contributed by atoms with Crippen LogP contribution >= 0.6 is 8.03 Å². The minimum Gasteiger partial charge on any atom is -0.478 e. The summed E-state index contributed by atoms with van der Waals surface area (Å²) >= 11 is 0. The lowest BCUT2D eigenvalue weighted by atomic mass is 10.1. The molecular weight excluding hydrogens is 167 g/mol. The number of aliphatic carboxylic acids is 1. The van der Waals surface area contributed by atoms with Crippen molar-refractivity contribution >= 4 is 14.0 Å². The third kappa shape index (κ3) is 1.64. The van der Waals surface area contributed by atoms with E-state index in [1.165, 1.54) is 5.82 Å². The van der Waals surface area contributed by atoms with E-state index in [4.69, 9.17) is 9.63 Å². The summed E-state index contributed by atoms with van der Waals surface area (Å²) in [5, 5.41) is 8.56. The normalized spacial score (nSPS) is 26.8. The predicted molar refractivity (Wildman–Crippen MR) is 38.5 cm³/mol. The van der Waals surface area contributed by atoms with Gasteiger partial charge < -0.3 is 5.11 Å². The van der Waals surface area contributed by atoms with Crippen molar-refractivity contribution in [1.29, 1.82) is 0 Å². The second-order valence-corrected chi connectivity index (χ2v) is 3.22. The maximum atomic E-state index is 10.7. The first-order chi connectivity index (χ1) is 5.15. The van der Waals surface area contributed by atoms with Crippen molar-refractivity contribution in [2.75, 3.05) is 0 Å². The lowest BCUT2D eigenvalue weighted by Crippen LogP contribution is -2.14. The Labute approximate surface area is 64.7 Å². The summed E-state index contributed by atoms with van der Waals surface area (Å²) in [7, 11) is -1.87. The molecule has 1 aliphatic heterocycles. The smallest absolute Gasteiger partial charge is 0.478 e. The van der Waals surface area contributed by atoms with E-state index < -0.39 is 20.1 Å². The van der Waals surface area contributed by atoms with Gasteiger partial charge in [0, 0.05) is 0 Å². The molecule has 0 bridgehead atoms. The molecule has 0 aromatic carbocycles. The molecule has 4 nitrogen and oxygen atoms in total. The minimum atomic E-state index is -1.87. The molecule has 1 heterocycles. The van der Waals surface area contributed by atoms with Gasteiger partial charge in [-0.2, -0.15) is 0 Å². The van der Waals surface area contributed by atoms with Crippen molar-refractivity contribution < 1.29 is 19.0 Å². The highest BCUT2D eigenvalue weighted by Crippen LogP contribution is 2.39. The third-order valence-electron chi connectivity index (χ3n) is 1.44. The molecule has 60 valence electrons. The van der Waals surface area contributed by atoms with E-state index in [0.717, 1.165) is 0 Å². The van der Waals surface area contributed by atoms with E-state index in [9.17, 15) is 9.36 Å². The first kappa shape index (κ1) is 8.37. The van der Waals surface area contributed by atoms with Crippen LogP contribution in [0.4, 0.5) is 0 Å². The van der Waals surface area contributed by atoms with Crippen LogP contribution in [0.3, 0.4) is 0 Å². The number of hydrogen-bond donors (Lipinski definition) is 1. The van der Waals surface area contributed by atoms with Crippen LogP contribution in [0.1, 0.15) is 13.3 Å². The molecule has 1 N–H and O–H groups in total. The molecule has 2 unspecified atom stereocenters. The van der Waals surface area contributed by atoms with Crippen molar-refractivity contribution in [3.63, 3.8) is 0 Å². The Morgan fingerprint density at radius 2 is 2.55 bits per heavy atom. The highest BCUT2D eigenvalue weighted by molar-refractivity contribution is 7.43. The van der Waals surface area contributed by atoms with Gasteiger partial charge in [-0.15, -0.1) is 4.52 Å². The Bertz CT molecular complexity index is 233. The lowest BCUT2D eigenvalue weighted by Gasteiger charge is -1.99. The largest absolute Gasteiger partial charge is 0.542 e. The number of hydrogen-bond acceptors (Lipinski definition) is 3. The van der Waals surface area contributed by atoms with Crippen molar-refractivity contribution in [2.45, 2.75) is 19.4 Å². The van der Waals surface area contributed by atoms with Crippen LogP contribution in [0.25, 0.3) is 0 Å². The predicted octanol–water partition coefficient (Wildman–Crippen LogP) is 1.51. The van der Waals surface area contributed by atoms with E-state index in [0.29, 0.717) is 6.42 Å². The van der Waals surface area contributed by atoms with E-state index >= 15 is 0 Å². The SMILES string of the molecule is CCC1O[P+](=O)C=C1C(=O)O. The molecule has 0 saturated heterocycles. The first-order valence-corrected chi connectivity index (χ1v) is 4.48. The maximum Gasteiger partial charge on any atom is 0.542 e. The second-order valence-electron chi connectivity index (χ2n) is 2.18. The maximum absolute atomic E-state index is 10.7. The van der Waals surface area contributed by atoms with Gasteiger partial charge in [-0.1, -0.05) is 6.92 Å². The molecular formula is C6H8O4P+. The molecule has 2 atom stereocenters. The van der Waals surface area contributed by atoms with Gasteiger partial charge in [-0.05, 0) is 11.0 Å². The number of carboxylic acid groups (broad SMARTS) is 1. The molecule has 0 radical (unpaired) electrons. The molecule has 0 aromatic rings. The Hall–Kier alpha value is -0.730. The van der Waals surface area contributed by atoms with Gasteiger partial charge in [0.1, 0.15) is 11.7 Å². The van der Waals surface area contributed by atoms with Gasteiger partial charge in [-0.3, -0.25) is 0 Å². The summed E-state index contributed by atoms with van der Waals surface area (Å²) in [5.41, 5.74) is 0.119. The van der Waals surface area contributed by atoms with Gasteiger partial charge in [0.25, 0.3) is 0 Å². The zero-order chi connectivity index (χ0) is 8.43. The van der Waals surface area contributed by atoms with E-state index in [2.05, 4.69) is 0 Å². The lowest BCUT2D eigenvalue weighted by molar-refractivity contribution is -0.133. The standard InChI is InChI=1S/C6H7O4P/c1-2-5-4(6(7)8)3-11(9)10-5/h3,5H,2H2,1H3/p+1. The highest BCUT2D eigenvalue weighted by atomic mass is 31.1. The molecule has 0 spiro atoms. The van der Waals surface area contributed by atoms with Crippen LogP contribution in [-0.2, 0) is 13.9 Å². The Morgan fingerprint density at radius 1 is 1.91 bits per heavy atom. The molecule has 0 saturated carbocycles. The highest BCUT2D eigenvalue weighted by Gasteiger charge is 2.38. The topological polar surface area (TPSA) is 63.6 Å². The minimum absolute atomic E-state index is 0.119. The fourth-order valence-electron chi connectivity index (χ4n) is 0.897. The van der Waals surface area contributed by atoms with Crippen LogP contribution < -0.4 is 0 Å². The molecule has 11 heavy (non-hydrogen) atoms. The molecule has 0 aromatic heterocycles. The van der Waals surface area contributed by atoms with Crippen molar-refractivity contribution in [1.82, 2.24) is 0 Å². The van der Waals surface area contributed by atoms with E-state index in [1.54, 1.807) is 6.92 Å². The third-order valence-corrected chi connectivity index (χ3v) is 2.39. The van der Waals surface area contributed by atoms with Gasteiger partial charge in [0.15, 0.2) is 0 Å². The molecule has 5 heteroatoms. The average molecular weight is 175 g/mol. The summed E-state index contributed by atoms with van der Waals surface area (Å²) in [5.74, 6) is 0.129. The fourth-order valence-corrected chi connectivity index (χ4v) is 1.97. The van der Waals surface area contributed by atoms with E-state index in [1.807, 2.05) is 0 Å². The van der Waals surface area contributed by atoms with Gasteiger partial charge >= 0.3 is 14.0 Å². The molecule has 0 aliphatic carbocycles. The van der Waals surface area contributed by atoms with Gasteiger partial charge in [0.05, 0.1) is 0 Å². The van der Waals surface area contributed by atoms with Gasteiger partial charge in [-0.25, -0.2) is 4.79 Å². The quantitative estimate of drug-likeness (QED) is 0.646. The van der Waals surface area contributed by atoms with Crippen LogP contribution in [0.5, 0.6) is 0 Å². The number of carboxylic acids is 1.